The number of aromatic nitrogens is 2. The maximum absolute atomic E-state index is 11.8. The second-order valence-corrected chi connectivity index (χ2v) is 6.03. The van der Waals surface area contributed by atoms with Gasteiger partial charge in [0.25, 0.3) is 0 Å². The lowest BCUT2D eigenvalue weighted by Gasteiger charge is -2.23. The molecule has 0 aliphatic rings. The molecule has 0 aliphatic heterocycles. The van der Waals surface area contributed by atoms with Gasteiger partial charge in [0.05, 0.1) is 30.9 Å². The van der Waals surface area contributed by atoms with Crippen LogP contribution in [-0.4, -0.2) is 62.5 Å². The molecule has 0 bridgehead atoms. The van der Waals surface area contributed by atoms with E-state index in [0.717, 1.165) is 0 Å². The molecule has 0 saturated carbocycles. The summed E-state index contributed by atoms with van der Waals surface area (Å²) in [6, 6.07) is 4.91. The van der Waals surface area contributed by atoms with E-state index in [9.17, 15) is 10.1 Å². The molecule has 2 aromatic rings. The summed E-state index contributed by atoms with van der Waals surface area (Å²) in [5.41, 5.74) is 0.180. The Morgan fingerprint density at radius 1 is 1.18 bits per heavy atom. The summed E-state index contributed by atoms with van der Waals surface area (Å²) in [5.74, 6) is 0.655. The Hall–Kier alpha value is -2.69. The first kappa shape index (κ1) is 21.6. The van der Waals surface area contributed by atoms with Gasteiger partial charge in [0, 0.05) is 32.3 Å². The van der Waals surface area contributed by atoms with E-state index in [4.69, 9.17) is 25.8 Å². The van der Waals surface area contributed by atoms with E-state index in [0.29, 0.717) is 42.8 Å². The highest BCUT2D eigenvalue weighted by atomic mass is 35.5. The number of halogens is 1. The average Bonchev–Trinajstić information content (AvgIpc) is 2.68. The van der Waals surface area contributed by atoms with Crippen molar-refractivity contribution < 1.29 is 19.1 Å². The van der Waals surface area contributed by atoms with Crippen molar-refractivity contribution in [3.63, 3.8) is 0 Å². The molecule has 0 radical (unpaired) electrons. The third-order valence-corrected chi connectivity index (χ3v) is 4.07. The Labute approximate surface area is 167 Å². The average molecular weight is 412 g/mol. The number of nitro groups is 1. The van der Waals surface area contributed by atoms with Crippen LogP contribution in [0, 0.1) is 10.1 Å². The number of ether oxygens (including phenoxy) is 3. The van der Waals surface area contributed by atoms with Crippen molar-refractivity contribution in [2.45, 2.75) is 0 Å². The predicted octanol–water partition coefficient (Wildman–Crippen LogP) is 2.89. The lowest BCUT2D eigenvalue weighted by molar-refractivity contribution is -0.383. The second-order valence-electron chi connectivity index (χ2n) is 5.59. The minimum absolute atomic E-state index is 0.0235. The van der Waals surface area contributed by atoms with Gasteiger partial charge >= 0.3 is 5.69 Å². The maximum Gasteiger partial charge on any atom is 0.353 e. The molecule has 0 spiro atoms. The minimum atomic E-state index is -0.526. The first-order valence-corrected chi connectivity index (χ1v) is 8.72. The molecule has 0 atom stereocenters. The lowest BCUT2D eigenvalue weighted by Crippen LogP contribution is -2.32. The molecule has 1 heterocycles. The molecule has 0 fully saturated rings. The van der Waals surface area contributed by atoms with E-state index >= 15 is 0 Å². The molecule has 28 heavy (non-hydrogen) atoms. The monoisotopic (exact) mass is 411 g/mol. The van der Waals surface area contributed by atoms with Crippen LogP contribution in [0.2, 0.25) is 5.02 Å². The van der Waals surface area contributed by atoms with Crippen molar-refractivity contribution in [1.29, 1.82) is 0 Å². The molecule has 10 nitrogen and oxygen atoms in total. The summed E-state index contributed by atoms with van der Waals surface area (Å²) in [6.07, 6.45) is 1.26. The van der Waals surface area contributed by atoms with E-state index in [1.165, 1.54) is 13.4 Å². The molecule has 0 unspecified atom stereocenters. The van der Waals surface area contributed by atoms with Crippen molar-refractivity contribution in [3.8, 4) is 5.75 Å². The number of benzene rings is 1. The normalized spacial score (nSPS) is 10.6. The Morgan fingerprint density at radius 2 is 1.86 bits per heavy atom. The summed E-state index contributed by atoms with van der Waals surface area (Å²) in [4.78, 5) is 21.2. The van der Waals surface area contributed by atoms with Crippen LogP contribution in [0.3, 0.4) is 0 Å². The van der Waals surface area contributed by atoms with Crippen molar-refractivity contribution in [3.05, 3.63) is 39.7 Å². The quantitative estimate of drug-likeness (QED) is 0.440. The van der Waals surface area contributed by atoms with Gasteiger partial charge in [-0.1, -0.05) is 11.6 Å². The summed E-state index contributed by atoms with van der Waals surface area (Å²) >= 11 is 6.04. The molecular weight excluding hydrogens is 390 g/mol. The minimum Gasteiger partial charge on any atom is -0.495 e. The molecule has 2 rings (SSSR count). The topological polar surface area (TPSA) is 112 Å². The third kappa shape index (κ3) is 5.41. The van der Waals surface area contributed by atoms with Crippen molar-refractivity contribution in [2.75, 3.05) is 57.8 Å². The van der Waals surface area contributed by atoms with E-state index in [1.54, 1.807) is 37.3 Å². The van der Waals surface area contributed by atoms with Crippen LogP contribution in [0.1, 0.15) is 0 Å². The summed E-state index contributed by atoms with van der Waals surface area (Å²) in [6.45, 7) is 1.54. The van der Waals surface area contributed by atoms with Crippen LogP contribution in [-0.2, 0) is 9.47 Å². The molecule has 0 aliphatic carbocycles. The molecule has 0 amide bonds. The van der Waals surface area contributed by atoms with Crippen LogP contribution in [0.4, 0.5) is 23.0 Å². The molecule has 11 heteroatoms. The Morgan fingerprint density at radius 3 is 2.43 bits per heavy atom. The first-order chi connectivity index (χ1) is 13.5. The number of methoxy groups -OCH3 is 3. The fourth-order valence-electron chi connectivity index (χ4n) is 2.49. The summed E-state index contributed by atoms with van der Waals surface area (Å²) in [7, 11) is 4.61. The molecule has 1 N–H and O–H groups in total. The van der Waals surface area contributed by atoms with Gasteiger partial charge in [0.15, 0.2) is 0 Å². The zero-order valence-electron chi connectivity index (χ0n) is 15.8. The number of nitrogens with one attached hydrogen (secondary N) is 1. The summed E-state index contributed by atoms with van der Waals surface area (Å²) < 4.78 is 15.5. The molecule has 1 aromatic heterocycles. The number of hydrogen-bond acceptors (Lipinski definition) is 9. The van der Waals surface area contributed by atoms with E-state index in [2.05, 4.69) is 15.3 Å². The van der Waals surface area contributed by atoms with Gasteiger partial charge in [-0.05, 0) is 18.2 Å². The maximum atomic E-state index is 11.8. The van der Waals surface area contributed by atoms with Gasteiger partial charge in [-0.25, -0.2) is 9.97 Å². The Bertz CT molecular complexity index is 800. The van der Waals surface area contributed by atoms with Gasteiger partial charge in [-0.2, -0.15) is 0 Å². The SMILES string of the molecule is COCCN(CCOC)c1ncnc(Nc2cc(Cl)ccc2OC)c1[N+](=O)[O-]. The van der Waals surface area contributed by atoms with Crippen LogP contribution in [0.5, 0.6) is 5.75 Å². The number of rotatable bonds is 11. The Balaban J connectivity index is 2.47. The zero-order valence-corrected chi connectivity index (χ0v) is 16.6. The van der Waals surface area contributed by atoms with Gasteiger partial charge in [-0.15, -0.1) is 0 Å². The van der Waals surface area contributed by atoms with E-state index < -0.39 is 4.92 Å². The highest BCUT2D eigenvalue weighted by Crippen LogP contribution is 2.36. The molecule has 152 valence electrons. The summed E-state index contributed by atoms with van der Waals surface area (Å²) in [5, 5.41) is 15.2. The fourth-order valence-corrected chi connectivity index (χ4v) is 2.66. The standard InChI is InChI=1S/C17H22ClN5O5/c1-26-8-6-22(7-9-27-2)17-15(23(24)25)16(19-11-20-17)21-13-10-12(18)4-5-14(13)28-3/h4-5,10-11H,6-9H2,1-3H3,(H,19,20,21). The highest BCUT2D eigenvalue weighted by molar-refractivity contribution is 6.31. The number of hydrogen-bond donors (Lipinski definition) is 1. The third-order valence-electron chi connectivity index (χ3n) is 3.83. The Kier molecular flexibility index (Phi) is 8.18. The first-order valence-electron chi connectivity index (χ1n) is 8.34. The van der Waals surface area contributed by atoms with E-state index in [-0.39, 0.29) is 17.3 Å². The van der Waals surface area contributed by atoms with Crippen molar-refractivity contribution in [1.82, 2.24) is 9.97 Å². The van der Waals surface area contributed by atoms with Crippen LogP contribution in [0.25, 0.3) is 0 Å². The van der Waals surface area contributed by atoms with Gasteiger partial charge < -0.3 is 24.4 Å². The van der Waals surface area contributed by atoms with Crippen LogP contribution >= 0.6 is 11.6 Å². The van der Waals surface area contributed by atoms with Gasteiger partial charge in [-0.3, -0.25) is 10.1 Å². The largest absolute Gasteiger partial charge is 0.495 e. The van der Waals surface area contributed by atoms with Crippen LogP contribution in [0.15, 0.2) is 24.5 Å². The van der Waals surface area contributed by atoms with Crippen molar-refractivity contribution >= 4 is 34.6 Å². The van der Waals surface area contributed by atoms with Gasteiger partial charge in [0.2, 0.25) is 11.6 Å². The van der Waals surface area contributed by atoms with E-state index in [1.807, 2.05) is 0 Å². The fraction of sp³-hybridized carbons (Fsp3) is 0.412. The lowest BCUT2D eigenvalue weighted by atomic mass is 10.2. The highest BCUT2D eigenvalue weighted by Gasteiger charge is 2.27. The van der Waals surface area contributed by atoms with Crippen molar-refractivity contribution in [2.24, 2.45) is 0 Å². The number of nitrogens with zero attached hydrogens (tertiary/aromatic N) is 4. The zero-order chi connectivity index (χ0) is 20.5. The second kappa shape index (κ2) is 10.6. The smallest absolute Gasteiger partial charge is 0.353 e. The van der Waals surface area contributed by atoms with Gasteiger partial charge in [0.1, 0.15) is 12.1 Å². The molecule has 1 aromatic carbocycles. The molecule has 0 saturated heterocycles. The molecular formula is C17H22ClN5O5. The number of anilines is 3. The predicted molar refractivity (Wildman–Crippen MR) is 106 cm³/mol. The van der Waals surface area contributed by atoms with Crippen LogP contribution < -0.4 is 15.0 Å².